The fourth-order valence-corrected chi connectivity index (χ4v) is 3.39. The average molecular weight is 363 g/mol. The number of carbonyl (C=O) groups is 1. The lowest BCUT2D eigenvalue weighted by atomic mass is 9.99. The molecule has 3 N–H and O–H groups in total. The number of fused-ring (bicyclic) bond motifs is 2. The zero-order valence-corrected chi connectivity index (χ0v) is 13.2. The smallest absolute Gasteiger partial charge is 0.262 e. The molecule has 0 radical (unpaired) electrons. The molecule has 2 aliphatic rings. The van der Waals surface area contributed by atoms with Gasteiger partial charge in [0.1, 0.15) is 0 Å². The number of halogens is 2. The van der Waals surface area contributed by atoms with E-state index in [1.165, 1.54) is 19.0 Å². The van der Waals surface area contributed by atoms with Crippen molar-refractivity contribution >= 4 is 34.2 Å². The monoisotopic (exact) mass is 361 g/mol. The van der Waals surface area contributed by atoms with Crippen molar-refractivity contribution in [3.05, 3.63) is 32.7 Å². The zero-order valence-electron chi connectivity index (χ0n) is 10.8. The number of hydrogen-bond acceptors (Lipinski definition) is 3. The van der Waals surface area contributed by atoms with E-state index >= 15 is 0 Å². The van der Waals surface area contributed by atoms with Crippen molar-refractivity contribution in [3.63, 3.8) is 0 Å². The first-order valence-corrected chi connectivity index (χ1v) is 7.36. The topological polar surface area (TPSA) is 74.0 Å². The molecule has 0 spiro atoms. The van der Waals surface area contributed by atoms with Crippen LogP contribution in [0.25, 0.3) is 0 Å². The average Bonchev–Trinajstić information content (AvgIpc) is 2.72. The third kappa shape index (κ3) is 3.24. The molecule has 2 bridgehead atoms. The highest BCUT2D eigenvalue weighted by atomic mass is 79.9. The molecule has 2 atom stereocenters. The van der Waals surface area contributed by atoms with Gasteiger partial charge in [0.2, 0.25) is 0 Å². The molecule has 0 aromatic carbocycles. The molecule has 1 amide bonds. The molecule has 0 aliphatic carbocycles. The molecule has 1 aromatic rings. The number of aromatic amines is 1. The Morgan fingerprint density at radius 3 is 2.55 bits per heavy atom. The quantitative estimate of drug-likeness (QED) is 0.748. The van der Waals surface area contributed by atoms with Gasteiger partial charge in [0.15, 0.2) is 0 Å². The van der Waals surface area contributed by atoms with Gasteiger partial charge in [0.05, 0.1) is 10.0 Å². The molecule has 2 aliphatic heterocycles. The first kappa shape index (κ1) is 15.5. The van der Waals surface area contributed by atoms with Crippen molar-refractivity contribution in [3.8, 4) is 0 Å². The Morgan fingerprint density at radius 1 is 1.30 bits per heavy atom. The van der Waals surface area contributed by atoms with Crippen LogP contribution in [0.1, 0.15) is 36.0 Å². The summed E-state index contributed by atoms with van der Waals surface area (Å²) in [5, 5.41) is 6.60. The third-order valence-corrected chi connectivity index (χ3v) is 4.52. The van der Waals surface area contributed by atoms with E-state index in [4.69, 9.17) is 0 Å². The van der Waals surface area contributed by atoms with E-state index in [0.29, 0.717) is 22.1 Å². The zero-order chi connectivity index (χ0) is 13.4. The molecule has 5 nitrogen and oxygen atoms in total. The van der Waals surface area contributed by atoms with Crippen molar-refractivity contribution in [2.45, 2.75) is 43.8 Å². The second-order valence-electron chi connectivity index (χ2n) is 5.35. The van der Waals surface area contributed by atoms with Crippen molar-refractivity contribution < 1.29 is 4.79 Å². The number of pyridine rings is 1. The summed E-state index contributed by atoms with van der Waals surface area (Å²) in [7, 11) is 0. The summed E-state index contributed by atoms with van der Waals surface area (Å²) in [5.41, 5.74) is 0.258. The summed E-state index contributed by atoms with van der Waals surface area (Å²) < 4.78 is 0.380. The Balaban J connectivity index is 0.00000147. The van der Waals surface area contributed by atoms with Gasteiger partial charge in [0, 0.05) is 24.3 Å². The number of hydrogen-bond donors (Lipinski definition) is 3. The highest BCUT2D eigenvalue weighted by molar-refractivity contribution is 9.10. The Kier molecular flexibility index (Phi) is 4.88. The Hall–Kier alpha value is -0.850. The number of carbonyl (C=O) groups excluding carboxylic acids is 1. The van der Waals surface area contributed by atoms with E-state index in [9.17, 15) is 9.59 Å². The number of aromatic nitrogens is 1. The van der Waals surface area contributed by atoms with Crippen molar-refractivity contribution in [2.24, 2.45) is 0 Å². The molecule has 110 valence electrons. The molecule has 7 heteroatoms. The van der Waals surface area contributed by atoms with E-state index in [1.54, 1.807) is 6.07 Å². The molecule has 3 rings (SSSR count). The summed E-state index contributed by atoms with van der Waals surface area (Å²) in [6.45, 7) is 0. The van der Waals surface area contributed by atoms with Gasteiger partial charge in [-0.25, -0.2) is 0 Å². The largest absolute Gasteiger partial charge is 0.349 e. The SMILES string of the molecule is Cl.O=C(NC1CC2CCC(C1)N2)c1c[nH]c(=O)c(Br)c1. The maximum absolute atomic E-state index is 12.1. The van der Waals surface area contributed by atoms with Crippen molar-refractivity contribution in [1.29, 1.82) is 0 Å². The van der Waals surface area contributed by atoms with E-state index in [0.717, 1.165) is 12.8 Å². The van der Waals surface area contributed by atoms with E-state index in [1.807, 2.05) is 0 Å². The fourth-order valence-electron chi connectivity index (χ4n) is 3.03. The highest BCUT2D eigenvalue weighted by Crippen LogP contribution is 2.26. The molecular weight excluding hydrogens is 346 g/mol. The van der Waals surface area contributed by atoms with Gasteiger partial charge >= 0.3 is 0 Å². The summed E-state index contributed by atoms with van der Waals surface area (Å²) in [4.78, 5) is 25.9. The maximum atomic E-state index is 12.1. The van der Waals surface area contributed by atoms with Gasteiger partial charge in [-0.15, -0.1) is 12.4 Å². The lowest BCUT2D eigenvalue weighted by Crippen LogP contribution is -2.48. The fraction of sp³-hybridized carbons (Fsp3) is 0.538. The van der Waals surface area contributed by atoms with Crippen molar-refractivity contribution in [1.82, 2.24) is 15.6 Å². The van der Waals surface area contributed by atoms with E-state index in [-0.39, 0.29) is 29.9 Å². The molecule has 2 fully saturated rings. The first-order chi connectivity index (χ1) is 9.11. The molecule has 20 heavy (non-hydrogen) atoms. The predicted molar refractivity (Wildman–Crippen MR) is 82.4 cm³/mol. The lowest BCUT2D eigenvalue weighted by molar-refractivity contribution is 0.0923. The van der Waals surface area contributed by atoms with Crippen molar-refractivity contribution in [2.75, 3.05) is 0 Å². The molecule has 2 saturated heterocycles. The van der Waals surface area contributed by atoms with Gasteiger partial charge in [-0.2, -0.15) is 0 Å². The lowest BCUT2D eigenvalue weighted by Gasteiger charge is -2.29. The molecule has 1 aromatic heterocycles. The van der Waals surface area contributed by atoms with Gasteiger partial charge in [0.25, 0.3) is 11.5 Å². The number of rotatable bonds is 2. The normalized spacial score (nSPS) is 27.8. The van der Waals surface area contributed by atoms with Crippen LogP contribution < -0.4 is 16.2 Å². The summed E-state index contributed by atoms with van der Waals surface area (Å²) in [6, 6.07) is 2.89. The van der Waals surface area contributed by atoms with Gasteiger partial charge in [-0.05, 0) is 47.7 Å². The highest BCUT2D eigenvalue weighted by Gasteiger charge is 2.34. The van der Waals surface area contributed by atoms with Crippen LogP contribution in [0.5, 0.6) is 0 Å². The molecule has 2 unspecified atom stereocenters. The van der Waals surface area contributed by atoms with Gasteiger partial charge < -0.3 is 15.6 Å². The van der Waals surface area contributed by atoms with Crippen LogP contribution in [0.4, 0.5) is 0 Å². The van der Waals surface area contributed by atoms with Gasteiger partial charge in [-0.1, -0.05) is 0 Å². The minimum absolute atomic E-state index is 0. The Bertz CT molecular complexity index is 551. The number of H-pyrrole nitrogens is 1. The Labute approximate surface area is 131 Å². The molecule has 0 saturated carbocycles. The van der Waals surface area contributed by atoms with Crippen LogP contribution in [0.15, 0.2) is 21.5 Å². The number of piperidine rings is 1. The van der Waals surface area contributed by atoms with Crippen LogP contribution in [0, 0.1) is 0 Å². The second-order valence-corrected chi connectivity index (χ2v) is 6.20. The number of nitrogens with one attached hydrogen (secondary N) is 3. The molecule has 3 heterocycles. The molecular formula is C13H17BrClN3O2. The summed E-state index contributed by atoms with van der Waals surface area (Å²) in [5.74, 6) is -0.122. The Morgan fingerprint density at radius 2 is 1.95 bits per heavy atom. The predicted octanol–water partition coefficient (Wildman–Crippen LogP) is 1.57. The minimum Gasteiger partial charge on any atom is -0.349 e. The van der Waals surface area contributed by atoms with E-state index in [2.05, 4.69) is 31.5 Å². The van der Waals surface area contributed by atoms with Crippen LogP contribution in [-0.4, -0.2) is 29.0 Å². The summed E-state index contributed by atoms with van der Waals surface area (Å²) >= 11 is 3.13. The van der Waals surface area contributed by atoms with Crippen LogP contribution in [-0.2, 0) is 0 Å². The number of amides is 1. The van der Waals surface area contributed by atoms with E-state index < -0.39 is 0 Å². The van der Waals surface area contributed by atoms with Gasteiger partial charge in [-0.3, -0.25) is 9.59 Å². The second kappa shape index (κ2) is 6.28. The maximum Gasteiger partial charge on any atom is 0.262 e. The summed E-state index contributed by atoms with van der Waals surface area (Å²) in [6.07, 6.45) is 5.86. The minimum atomic E-state index is -0.225. The third-order valence-electron chi connectivity index (χ3n) is 3.93. The first-order valence-electron chi connectivity index (χ1n) is 6.57. The standard InChI is InChI=1S/C13H16BrN3O2.ClH/c14-11-3-7(6-15-13(11)19)12(18)17-10-4-8-1-2-9(5-10)16-8;/h3,6,8-10,16H,1-2,4-5H2,(H,15,19)(H,17,18);1H. The van der Waals surface area contributed by atoms with Crippen LogP contribution >= 0.6 is 28.3 Å². The van der Waals surface area contributed by atoms with Crippen LogP contribution in [0.2, 0.25) is 0 Å². The van der Waals surface area contributed by atoms with Crippen LogP contribution in [0.3, 0.4) is 0 Å².